The first-order valence-corrected chi connectivity index (χ1v) is 11.7. The highest BCUT2D eigenvalue weighted by Crippen LogP contribution is 2.26. The van der Waals surface area contributed by atoms with Crippen LogP contribution in [-0.4, -0.2) is 75.6 Å². The van der Waals surface area contributed by atoms with Gasteiger partial charge in [-0.1, -0.05) is 12.1 Å². The Balaban J connectivity index is 1.43. The molecule has 3 heterocycles. The summed E-state index contributed by atoms with van der Waals surface area (Å²) < 4.78 is 18.1. The van der Waals surface area contributed by atoms with E-state index in [1.165, 1.54) is 3.57 Å². The monoisotopic (exact) mass is 537 g/mol. The zero-order valence-electron chi connectivity index (χ0n) is 17.6. The Morgan fingerprint density at radius 2 is 1.77 bits per heavy atom. The van der Waals surface area contributed by atoms with Crippen molar-refractivity contribution >= 4 is 34.1 Å². The molecule has 0 N–H and O–H groups in total. The first-order chi connectivity index (χ1) is 15.3. The standard InChI is InChI=1S/C22H28IN5O3/c23-19-3-1-2-18(14-19)17-24-26-21-15-20(28-7-11-30-12-8-28)16-22(25-21)31-13-6-27-4-9-29-10-5-27/h1-3,14-16H,4-13,17H2. The third-order valence-electron chi connectivity index (χ3n) is 5.23. The maximum atomic E-state index is 6.01. The van der Waals surface area contributed by atoms with Crippen molar-refractivity contribution in [2.45, 2.75) is 6.54 Å². The van der Waals surface area contributed by atoms with Crippen LogP contribution in [0.2, 0.25) is 0 Å². The Morgan fingerprint density at radius 3 is 2.55 bits per heavy atom. The summed E-state index contributed by atoms with van der Waals surface area (Å²) >= 11 is 2.30. The molecule has 0 saturated carbocycles. The summed E-state index contributed by atoms with van der Waals surface area (Å²) in [6, 6.07) is 12.2. The molecule has 8 nitrogen and oxygen atoms in total. The van der Waals surface area contributed by atoms with Crippen LogP contribution in [0.5, 0.6) is 5.88 Å². The van der Waals surface area contributed by atoms with Crippen molar-refractivity contribution in [3.05, 3.63) is 45.5 Å². The molecule has 166 valence electrons. The van der Waals surface area contributed by atoms with Gasteiger partial charge < -0.3 is 19.1 Å². The lowest BCUT2D eigenvalue weighted by molar-refractivity contribution is 0.0320. The topological polar surface area (TPSA) is 71.8 Å². The first kappa shape index (κ1) is 22.4. The summed E-state index contributed by atoms with van der Waals surface area (Å²) in [5.41, 5.74) is 2.17. The molecular weight excluding hydrogens is 509 g/mol. The highest BCUT2D eigenvalue weighted by molar-refractivity contribution is 14.1. The van der Waals surface area contributed by atoms with Gasteiger partial charge in [0.25, 0.3) is 0 Å². The molecule has 1 aromatic carbocycles. The van der Waals surface area contributed by atoms with E-state index in [2.05, 4.69) is 65.8 Å². The van der Waals surface area contributed by atoms with Crippen molar-refractivity contribution in [1.82, 2.24) is 9.88 Å². The van der Waals surface area contributed by atoms with Gasteiger partial charge in [-0.05, 0) is 40.3 Å². The second-order valence-corrected chi connectivity index (χ2v) is 8.70. The number of azo groups is 1. The van der Waals surface area contributed by atoms with Gasteiger partial charge in [0.2, 0.25) is 5.88 Å². The van der Waals surface area contributed by atoms with E-state index in [9.17, 15) is 0 Å². The number of halogens is 1. The van der Waals surface area contributed by atoms with Crippen LogP contribution < -0.4 is 9.64 Å². The number of hydrogen-bond acceptors (Lipinski definition) is 8. The van der Waals surface area contributed by atoms with E-state index in [1.807, 2.05) is 18.2 Å². The lowest BCUT2D eigenvalue weighted by atomic mass is 10.2. The fourth-order valence-corrected chi connectivity index (χ4v) is 4.14. The average molecular weight is 537 g/mol. The van der Waals surface area contributed by atoms with Gasteiger partial charge in [0.05, 0.1) is 33.0 Å². The predicted octanol–water partition coefficient (Wildman–Crippen LogP) is 3.52. The summed E-state index contributed by atoms with van der Waals surface area (Å²) in [6.45, 7) is 8.56. The number of benzene rings is 1. The smallest absolute Gasteiger partial charge is 0.217 e. The summed E-state index contributed by atoms with van der Waals surface area (Å²) in [4.78, 5) is 9.20. The van der Waals surface area contributed by atoms with Crippen LogP contribution in [0.15, 0.2) is 46.6 Å². The van der Waals surface area contributed by atoms with E-state index in [-0.39, 0.29) is 0 Å². The number of anilines is 1. The van der Waals surface area contributed by atoms with E-state index in [0.717, 1.165) is 70.4 Å². The lowest BCUT2D eigenvalue weighted by Crippen LogP contribution is -2.38. The molecule has 9 heteroatoms. The van der Waals surface area contributed by atoms with Crippen LogP contribution in [0.1, 0.15) is 5.56 Å². The molecule has 1 aromatic heterocycles. The molecule has 2 aliphatic heterocycles. The van der Waals surface area contributed by atoms with E-state index < -0.39 is 0 Å². The van der Waals surface area contributed by atoms with Gasteiger partial charge in [0, 0.05) is 54.1 Å². The van der Waals surface area contributed by atoms with Gasteiger partial charge in [0.15, 0.2) is 5.82 Å². The van der Waals surface area contributed by atoms with Crippen LogP contribution in [0, 0.1) is 3.57 Å². The van der Waals surface area contributed by atoms with Gasteiger partial charge in [-0.2, -0.15) is 10.1 Å². The van der Waals surface area contributed by atoms with Crippen LogP contribution in [0.3, 0.4) is 0 Å². The summed E-state index contributed by atoms with van der Waals surface area (Å²) in [5.74, 6) is 1.15. The molecule has 0 atom stereocenters. The molecule has 2 saturated heterocycles. The zero-order chi connectivity index (χ0) is 21.3. The van der Waals surface area contributed by atoms with E-state index in [0.29, 0.717) is 24.8 Å². The Morgan fingerprint density at radius 1 is 1.00 bits per heavy atom. The molecule has 0 amide bonds. The molecule has 2 aliphatic rings. The summed E-state index contributed by atoms with van der Waals surface area (Å²) in [6.07, 6.45) is 0. The Labute approximate surface area is 196 Å². The van der Waals surface area contributed by atoms with E-state index in [4.69, 9.17) is 14.2 Å². The average Bonchev–Trinajstić information content (AvgIpc) is 2.80. The number of ether oxygens (including phenoxy) is 3. The number of pyridine rings is 1. The van der Waals surface area contributed by atoms with Crippen LogP contribution in [0.25, 0.3) is 0 Å². The lowest BCUT2D eigenvalue weighted by Gasteiger charge is -2.29. The molecule has 0 radical (unpaired) electrons. The fraction of sp³-hybridized carbons (Fsp3) is 0.500. The van der Waals surface area contributed by atoms with Crippen LogP contribution in [-0.2, 0) is 16.0 Å². The Hall–Kier alpha value is -1.82. The molecule has 0 bridgehead atoms. The molecule has 0 spiro atoms. The zero-order valence-corrected chi connectivity index (χ0v) is 19.7. The van der Waals surface area contributed by atoms with Gasteiger partial charge in [-0.3, -0.25) is 4.90 Å². The number of rotatable bonds is 8. The molecular formula is C22H28IN5O3. The minimum absolute atomic E-state index is 0.521. The molecule has 2 aromatic rings. The second-order valence-electron chi connectivity index (χ2n) is 7.45. The van der Waals surface area contributed by atoms with Crippen LogP contribution in [0.4, 0.5) is 11.5 Å². The summed E-state index contributed by atoms with van der Waals surface area (Å²) in [7, 11) is 0. The van der Waals surface area contributed by atoms with E-state index in [1.54, 1.807) is 0 Å². The number of morpholine rings is 2. The van der Waals surface area contributed by atoms with Crippen molar-refractivity contribution in [2.24, 2.45) is 10.2 Å². The van der Waals surface area contributed by atoms with Crippen molar-refractivity contribution in [1.29, 1.82) is 0 Å². The number of nitrogens with zero attached hydrogens (tertiary/aromatic N) is 5. The largest absolute Gasteiger partial charge is 0.476 e. The second kappa shape index (κ2) is 11.7. The number of aromatic nitrogens is 1. The van der Waals surface area contributed by atoms with Crippen molar-refractivity contribution in [2.75, 3.05) is 70.7 Å². The van der Waals surface area contributed by atoms with Gasteiger partial charge in [-0.15, -0.1) is 5.11 Å². The summed E-state index contributed by atoms with van der Waals surface area (Å²) in [5, 5.41) is 8.76. The highest BCUT2D eigenvalue weighted by Gasteiger charge is 2.15. The fourth-order valence-electron chi connectivity index (χ4n) is 3.54. The molecule has 31 heavy (non-hydrogen) atoms. The number of hydrogen-bond donors (Lipinski definition) is 0. The SMILES string of the molecule is Ic1cccc(CN=Nc2cc(N3CCOCC3)cc(OCCN3CCOCC3)n2)c1. The van der Waals surface area contributed by atoms with Crippen molar-refractivity contribution in [3.63, 3.8) is 0 Å². The highest BCUT2D eigenvalue weighted by atomic mass is 127. The maximum absolute atomic E-state index is 6.01. The minimum Gasteiger partial charge on any atom is -0.476 e. The molecule has 0 unspecified atom stereocenters. The van der Waals surface area contributed by atoms with Gasteiger partial charge in [0.1, 0.15) is 6.61 Å². The van der Waals surface area contributed by atoms with Crippen molar-refractivity contribution in [3.8, 4) is 5.88 Å². The first-order valence-electron chi connectivity index (χ1n) is 10.7. The van der Waals surface area contributed by atoms with E-state index >= 15 is 0 Å². The predicted molar refractivity (Wildman–Crippen MR) is 127 cm³/mol. The van der Waals surface area contributed by atoms with Crippen LogP contribution >= 0.6 is 22.6 Å². The normalized spacial score (nSPS) is 17.9. The van der Waals surface area contributed by atoms with Gasteiger partial charge in [-0.25, -0.2) is 0 Å². The third-order valence-corrected chi connectivity index (χ3v) is 5.90. The molecule has 4 rings (SSSR count). The molecule has 2 fully saturated rings. The van der Waals surface area contributed by atoms with Gasteiger partial charge >= 0.3 is 0 Å². The Kier molecular flexibility index (Phi) is 8.45. The molecule has 0 aliphatic carbocycles. The third kappa shape index (κ3) is 7.09. The maximum Gasteiger partial charge on any atom is 0.217 e. The Bertz CT molecular complexity index is 870. The minimum atomic E-state index is 0.521. The quantitative estimate of drug-likeness (QED) is 0.379. The van der Waals surface area contributed by atoms with Crippen molar-refractivity contribution < 1.29 is 14.2 Å².